The third-order valence-electron chi connectivity index (χ3n) is 8.11. The topological polar surface area (TPSA) is 105 Å². The molecule has 1 saturated carbocycles. The van der Waals surface area contributed by atoms with Crippen LogP contribution in [-0.4, -0.2) is 68.3 Å². The number of sulfonamides is 1. The highest BCUT2D eigenvalue weighted by Gasteiger charge is 2.42. The van der Waals surface area contributed by atoms with E-state index in [4.69, 9.17) is 9.47 Å². The van der Waals surface area contributed by atoms with Crippen molar-refractivity contribution in [3.8, 4) is 5.75 Å². The summed E-state index contributed by atoms with van der Waals surface area (Å²) in [4.78, 5) is 13.7. The zero-order valence-corrected chi connectivity index (χ0v) is 24.7. The number of methoxy groups -OCH3 is 1. The minimum absolute atomic E-state index is 0.0345. The van der Waals surface area contributed by atoms with Gasteiger partial charge in [-0.3, -0.25) is 4.79 Å². The van der Waals surface area contributed by atoms with Crippen LogP contribution in [0.3, 0.4) is 0 Å². The lowest BCUT2D eigenvalue weighted by atomic mass is 9.76. The number of hydrogen-bond donors (Lipinski definition) is 2. The average molecular weight is 573 g/mol. The summed E-state index contributed by atoms with van der Waals surface area (Å²) in [6, 6.07) is 15.3. The molecule has 1 aliphatic heterocycles. The first-order valence-corrected chi connectivity index (χ1v) is 15.9. The predicted molar refractivity (Wildman–Crippen MR) is 155 cm³/mol. The molecule has 1 amide bonds. The number of hydrogen-bond acceptors (Lipinski definition) is 6. The first-order chi connectivity index (χ1) is 19.1. The first kappa shape index (κ1) is 30.5. The number of rotatable bonds is 12. The van der Waals surface area contributed by atoms with Crippen LogP contribution in [-0.2, 0) is 26.0 Å². The largest absolute Gasteiger partial charge is 0.497 e. The lowest BCUT2D eigenvalue weighted by Gasteiger charge is -2.37. The summed E-state index contributed by atoms with van der Waals surface area (Å²) < 4.78 is 39.9. The number of carbonyl (C=O) groups excluding carboxylic acids is 1. The molecule has 2 aliphatic rings. The maximum absolute atomic E-state index is 13.7. The van der Waals surface area contributed by atoms with Crippen LogP contribution in [0.1, 0.15) is 57.9 Å². The minimum Gasteiger partial charge on any atom is -0.497 e. The van der Waals surface area contributed by atoms with Crippen LogP contribution in [0.5, 0.6) is 5.75 Å². The van der Waals surface area contributed by atoms with Gasteiger partial charge in [-0.05, 0) is 80.7 Å². The maximum Gasteiger partial charge on any atom is 0.243 e. The molecule has 9 heteroatoms. The van der Waals surface area contributed by atoms with Crippen molar-refractivity contribution in [1.82, 2.24) is 9.62 Å². The van der Waals surface area contributed by atoms with Crippen molar-refractivity contribution >= 4 is 15.9 Å². The third kappa shape index (κ3) is 7.63. The molecule has 1 aliphatic carbocycles. The molecule has 0 bridgehead atoms. The molecule has 0 radical (unpaired) electrons. The van der Waals surface area contributed by atoms with Gasteiger partial charge in [0, 0.05) is 25.6 Å². The molecule has 1 heterocycles. The van der Waals surface area contributed by atoms with Crippen LogP contribution in [0.25, 0.3) is 0 Å². The summed E-state index contributed by atoms with van der Waals surface area (Å²) in [5.41, 5.74) is 0.758. The molecule has 220 valence electrons. The summed E-state index contributed by atoms with van der Waals surface area (Å²) in [5.74, 6) is 0.315. The SMILES string of the molecule is COc1ccc(S(=O)(=O)N(CC(C)C)C[C@@H](O)[C@H](Cc2ccccc2)NC(=O)[C@@H]2CCC[C@]3(CCCO3)C2)cc1. The van der Waals surface area contributed by atoms with Gasteiger partial charge < -0.3 is 19.9 Å². The van der Waals surface area contributed by atoms with Gasteiger partial charge in [-0.25, -0.2) is 8.42 Å². The number of carbonyl (C=O) groups is 1. The molecular formula is C31H44N2O6S. The number of aliphatic hydroxyl groups is 1. The van der Waals surface area contributed by atoms with E-state index in [1.807, 2.05) is 44.2 Å². The van der Waals surface area contributed by atoms with Gasteiger partial charge in [0.2, 0.25) is 15.9 Å². The predicted octanol–water partition coefficient (Wildman–Crippen LogP) is 4.17. The fourth-order valence-corrected chi connectivity index (χ4v) is 7.65. The van der Waals surface area contributed by atoms with Crippen molar-refractivity contribution in [2.24, 2.45) is 11.8 Å². The van der Waals surface area contributed by atoms with E-state index in [-0.39, 0.29) is 41.3 Å². The number of aliphatic hydroxyl groups excluding tert-OH is 1. The monoisotopic (exact) mass is 572 g/mol. The summed E-state index contributed by atoms with van der Waals surface area (Å²) in [5, 5.41) is 14.7. The van der Waals surface area contributed by atoms with Crippen molar-refractivity contribution in [3.63, 3.8) is 0 Å². The zero-order chi connectivity index (χ0) is 28.8. The molecule has 2 fully saturated rings. The third-order valence-corrected chi connectivity index (χ3v) is 9.95. The van der Waals surface area contributed by atoms with Crippen LogP contribution in [0, 0.1) is 11.8 Å². The summed E-state index contributed by atoms with van der Waals surface area (Å²) in [6.07, 6.45) is 4.69. The molecule has 40 heavy (non-hydrogen) atoms. The highest BCUT2D eigenvalue weighted by atomic mass is 32.2. The molecule has 0 aromatic heterocycles. The molecule has 1 spiro atoms. The van der Waals surface area contributed by atoms with Crippen molar-refractivity contribution in [2.75, 3.05) is 26.8 Å². The van der Waals surface area contributed by atoms with E-state index in [1.165, 1.54) is 23.5 Å². The number of benzene rings is 2. The van der Waals surface area contributed by atoms with E-state index < -0.39 is 22.2 Å². The fraction of sp³-hybridized carbons (Fsp3) is 0.581. The van der Waals surface area contributed by atoms with Crippen molar-refractivity contribution in [1.29, 1.82) is 0 Å². The Morgan fingerprint density at radius 3 is 2.42 bits per heavy atom. The number of nitrogens with zero attached hydrogens (tertiary/aromatic N) is 1. The van der Waals surface area contributed by atoms with E-state index in [1.54, 1.807) is 12.1 Å². The quantitative estimate of drug-likeness (QED) is 0.396. The number of nitrogens with one attached hydrogen (secondary N) is 1. The summed E-state index contributed by atoms with van der Waals surface area (Å²) in [7, 11) is -2.37. The standard InChI is InChI=1S/C31H44N2O6S/c1-23(2)21-33(40(36,37)27-14-12-26(38-3)13-15-27)22-29(34)28(19-24-9-5-4-6-10-24)32-30(35)25-11-7-16-31(20-25)17-8-18-39-31/h4-6,9-10,12-15,23,25,28-29,34H,7-8,11,16-22H2,1-3H3,(H,32,35)/t25-,28+,29-,31+/m1/s1. The van der Waals surface area contributed by atoms with Crippen molar-refractivity contribution in [2.45, 2.75) is 81.4 Å². The van der Waals surface area contributed by atoms with Gasteiger partial charge in [0.1, 0.15) is 5.75 Å². The van der Waals surface area contributed by atoms with E-state index in [9.17, 15) is 18.3 Å². The van der Waals surface area contributed by atoms with Gasteiger partial charge >= 0.3 is 0 Å². The molecule has 2 aromatic carbocycles. The Balaban J connectivity index is 1.54. The molecule has 4 rings (SSSR count). The van der Waals surface area contributed by atoms with Crippen molar-refractivity contribution in [3.05, 3.63) is 60.2 Å². The Labute approximate surface area is 239 Å². The Morgan fingerprint density at radius 2 is 1.80 bits per heavy atom. The smallest absolute Gasteiger partial charge is 0.243 e. The van der Waals surface area contributed by atoms with Gasteiger partial charge in [0.25, 0.3) is 0 Å². The average Bonchev–Trinajstić information content (AvgIpc) is 3.39. The Kier molecular flexibility index (Phi) is 10.3. The second kappa shape index (κ2) is 13.5. The van der Waals surface area contributed by atoms with E-state index in [0.717, 1.165) is 44.3 Å². The lowest BCUT2D eigenvalue weighted by molar-refractivity contribution is -0.132. The van der Waals surface area contributed by atoms with Crippen molar-refractivity contribution < 1.29 is 27.8 Å². The van der Waals surface area contributed by atoms with Gasteiger partial charge in [0.05, 0.1) is 29.8 Å². The van der Waals surface area contributed by atoms with E-state index >= 15 is 0 Å². The normalized spacial score (nSPS) is 22.9. The maximum atomic E-state index is 13.7. The van der Waals surface area contributed by atoms with Gasteiger partial charge in [0.15, 0.2) is 0 Å². The van der Waals surface area contributed by atoms with Gasteiger partial charge in [-0.2, -0.15) is 4.31 Å². The lowest BCUT2D eigenvalue weighted by Crippen LogP contribution is -2.53. The molecule has 0 unspecified atom stereocenters. The van der Waals surface area contributed by atoms with Gasteiger partial charge in [-0.15, -0.1) is 0 Å². The Bertz CT molecular complexity index is 1200. The van der Waals surface area contributed by atoms with E-state index in [2.05, 4.69) is 5.32 Å². The molecule has 4 atom stereocenters. The second-order valence-corrected chi connectivity index (χ2v) is 13.6. The highest BCUT2D eigenvalue weighted by Crippen LogP contribution is 2.42. The Morgan fingerprint density at radius 1 is 1.10 bits per heavy atom. The molecular weight excluding hydrogens is 528 g/mol. The second-order valence-electron chi connectivity index (χ2n) is 11.7. The molecule has 2 N–H and O–H groups in total. The van der Waals surface area contributed by atoms with E-state index in [0.29, 0.717) is 18.6 Å². The van der Waals surface area contributed by atoms with Crippen LogP contribution >= 0.6 is 0 Å². The Hall–Kier alpha value is -2.46. The minimum atomic E-state index is -3.90. The zero-order valence-electron chi connectivity index (χ0n) is 23.9. The van der Waals surface area contributed by atoms with Crippen LogP contribution in [0.4, 0.5) is 0 Å². The molecule has 2 aromatic rings. The van der Waals surface area contributed by atoms with Crippen LogP contribution in [0.2, 0.25) is 0 Å². The van der Waals surface area contributed by atoms with Crippen LogP contribution < -0.4 is 10.1 Å². The summed E-state index contributed by atoms with van der Waals surface area (Å²) in [6.45, 7) is 4.73. The fourth-order valence-electron chi connectivity index (χ4n) is 6.02. The summed E-state index contributed by atoms with van der Waals surface area (Å²) >= 11 is 0. The van der Waals surface area contributed by atoms with Gasteiger partial charge in [-0.1, -0.05) is 44.2 Å². The highest BCUT2D eigenvalue weighted by molar-refractivity contribution is 7.89. The number of ether oxygens (including phenoxy) is 2. The molecule has 8 nitrogen and oxygen atoms in total. The number of amides is 1. The molecule has 1 saturated heterocycles. The first-order valence-electron chi connectivity index (χ1n) is 14.4. The van der Waals surface area contributed by atoms with Crippen LogP contribution in [0.15, 0.2) is 59.5 Å².